The molecule has 0 aliphatic carbocycles. The Morgan fingerprint density at radius 2 is 1.84 bits per heavy atom. The highest BCUT2D eigenvalue weighted by atomic mass is 35.5. The third kappa shape index (κ3) is 7.84. The lowest BCUT2D eigenvalue weighted by Crippen LogP contribution is -2.43. The van der Waals surface area contributed by atoms with Crippen molar-refractivity contribution in [1.29, 1.82) is 5.41 Å². The zero-order chi connectivity index (χ0) is 26.1. The zero-order valence-electron chi connectivity index (χ0n) is 21.7. The van der Waals surface area contributed by atoms with Gasteiger partial charge in [-0.3, -0.25) is 10.2 Å². The maximum Gasteiger partial charge on any atom is 0.333 e. The van der Waals surface area contributed by atoms with Gasteiger partial charge < -0.3 is 30.2 Å². The van der Waals surface area contributed by atoms with Gasteiger partial charge in [-0.15, -0.1) is 12.4 Å². The van der Waals surface area contributed by atoms with Crippen LogP contribution in [0, 0.1) is 5.41 Å². The Kier molecular flexibility index (Phi) is 11.7. The topological polar surface area (TPSA) is 127 Å². The molecule has 1 unspecified atom stereocenters. The Labute approximate surface area is 224 Å². The summed E-state index contributed by atoms with van der Waals surface area (Å²) in [6.07, 6.45) is 2.39. The zero-order valence-corrected chi connectivity index (χ0v) is 22.5. The highest BCUT2D eigenvalue weighted by molar-refractivity contribution is 5.95. The Morgan fingerprint density at radius 3 is 2.41 bits per heavy atom. The molecule has 1 atom stereocenters. The SMILES string of the molecule is CCCc1cc(CC)cc(C(Nc2ccc(C(=N)N)cc2)C(=O)OC)c1OCC(=O)N1CCOCC1.Cl. The first-order valence-corrected chi connectivity index (χ1v) is 12.3. The number of benzene rings is 2. The fourth-order valence-corrected chi connectivity index (χ4v) is 4.16. The summed E-state index contributed by atoms with van der Waals surface area (Å²) >= 11 is 0. The molecule has 4 N–H and O–H groups in total. The molecule has 37 heavy (non-hydrogen) atoms. The number of nitrogens with two attached hydrogens (primary N) is 1. The summed E-state index contributed by atoms with van der Waals surface area (Å²) in [5, 5.41) is 10.8. The molecule has 3 rings (SSSR count). The van der Waals surface area contributed by atoms with E-state index in [1.807, 2.05) is 6.07 Å². The van der Waals surface area contributed by atoms with Gasteiger partial charge in [0, 0.05) is 29.9 Å². The summed E-state index contributed by atoms with van der Waals surface area (Å²) in [5.74, 6) is -0.107. The van der Waals surface area contributed by atoms with Crippen LogP contribution < -0.4 is 15.8 Å². The number of carbonyl (C=O) groups is 2. The van der Waals surface area contributed by atoms with Crippen LogP contribution in [0.25, 0.3) is 0 Å². The monoisotopic (exact) mass is 532 g/mol. The van der Waals surface area contributed by atoms with Crippen molar-refractivity contribution in [3.63, 3.8) is 0 Å². The number of hydrogen-bond acceptors (Lipinski definition) is 7. The summed E-state index contributed by atoms with van der Waals surface area (Å²) in [6.45, 7) is 6.10. The summed E-state index contributed by atoms with van der Waals surface area (Å²) in [4.78, 5) is 27.6. The predicted molar refractivity (Wildman–Crippen MR) is 146 cm³/mol. The van der Waals surface area contributed by atoms with Gasteiger partial charge in [0.15, 0.2) is 12.6 Å². The van der Waals surface area contributed by atoms with Crippen molar-refractivity contribution in [2.45, 2.75) is 39.2 Å². The third-order valence-corrected chi connectivity index (χ3v) is 6.14. The molecule has 2 aromatic carbocycles. The van der Waals surface area contributed by atoms with E-state index in [1.54, 1.807) is 29.2 Å². The van der Waals surface area contributed by atoms with Crippen LogP contribution in [0.15, 0.2) is 36.4 Å². The number of ether oxygens (including phenoxy) is 3. The second-order valence-corrected chi connectivity index (χ2v) is 8.65. The van der Waals surface area contributed by atoms with Gasteiger partial charge in [-0.25, -0.2) is 4.79 Å². The van der Waals surface area contributed by atoms with Crippen molar-refractivity contribution >= 4 is 35.8 Å². The second-order valence-electron chi connectivity index (χ2n) is 8.65. The molecule has 0 bridgehead atoms. The molecule has 10 heteroatoms. The number of carbonyl (C=O) groups excluding carboxylic acids is 2. The molecule has 1 fully saturated rings. The molecular formula is C27H37ClN4O5. The lowest BCUT2D eigenvalue weighted by Gasteiger charge is -2.28. The lowest BCUT2D eigenvalue weighted by molar-refractivity contribution is -0.141. The smallest absolute Gasteiger partial charge is 0.333 e. The molecule has 1 heterocycles. The molecular weight excluding hydrogens is 496 g/mol. The van der Waals surface area contributed by atoms with E-state index in [1.165, 1.54) is 7.11 Å². The standard InChI is InChI=1S/C27H36N4O5.ClH/c1-4-6-20-15-18(5-2)16-22(25(20)36-17-23(32)31-11-13-35-14-12-31)24(27(33)34-3)30-21-9-7-19(8-10-21)26(28)29;/h7-10,15-16,24,30H,4-6,11-14,17H2,1-3H3,(H3,28,29);1H. The van der Waals surface area contributed by atoms with Gasteiger partial charge in [-0.2, -0.15) is 0 Å². The van der Waals surface area contributed by atoms with Crippen LogP contribution in [-0.4, -0.2) is 62.6 Å². The Morgan fingerprint density at radius 1 is 1.16 bits per heavy atom. The third-order valence-electron chi connectivity index (χ3n) is 6.14. The summed E-state index contributed by atoms with van der Waals surface area (Å²) < 4.78 is 16.7. The first-order valence-electron chi connectivity index (χ1n) is 12.3. The molecule has 9 nitrogen and oxygen atoms in total. The van der Waals surface area contributed by atoms with Crippen LogP contribution in [0.4, 0.5) is 5.69 Å². The number of aryl methyl sites for hydroxylation is 2. The molecule has 1 saturated heterocycles. The molecule has 2 aromatic rings. The number of anilines is 1. The quantitative estimate of drug-likeness (QED) is 0.230. The number of methoxy groups -OCH3 is 1. The Hall–Kier alpha value is -3.30. The molecule has 1 aliphatic heterocycles. The van der Waals surface area contributed by atoms with E-state index in [4.69, 9.17) is 25.4 Å². The predicted octanol–water partition coefficient (Wildman–Crippen LogP) is 3.47. The largest absolute Gasteiger partial charge is 0.483 e. The van der Waals surface area contributed by atoms with Crippen molar-refractivity contribution in [2.75, 3.05) is 45.3 Å². The number of amides is 1. The number of amidine groups is 1. The van der Waals surface area contributed by atoms with Crippen molar-refractivity contribution in [3.8, 4) is 5.75 Å². The number of halogens is 1. The Bertz CT molecular complexity index is 1070. The van der Waals surface area contributed by atoms with Gasteiger partial charge in [0.25, 0.3) is 5.91 Å². The fourth-order valence-electron chi connectivity index (χ4n) is 4.16. The minimum Gasteiger partial charge on any atom is -0.483 e. The maximum atomic E-state index is 13.0. The number of hydrogen-bond donors (Lipinski definition) is 3. The number of nitrogens with one attached hydrogen (secondary N) is 2. The number of esters is 1. The number of nitrogen functional groups attached to an aromatic ring is 1. The summed E-state index contributed by atoms with van der Waals surface area (Å²) in [6, 6.07) is 10.1. The number of nitrogens with zero attached hydrogens (tertiary/aromatic N) is 1. The van der Waals surface area contributed by atoms with Crippen molar-refractivity contribution in [1.82, 2.24) is 4.90 Å². The van der Waals surface area contributed by atoms with Crippen LogP contribution in [0.3, 0.4) is 0 Å². The van der Waals surface area contributed by atoms with E-state index in [9.17, 15) is 9.59 Å². The van der Waals surface area contributed by atoms with E-state index in [2.05, 4.69) is 25.2 Å². The van der Waals surface area contributed by atoms with Gasteiger partial charge in [0.2, 0.25) is 0 Å². The minimum atomic E-state index is -0.867. The van der Waals surface area contributed by atoms with Crippen molar-refractivity contribution in [3.05, 3.63) is 58.7 Å². The van der Waals surface area contributed by atoms with Gasteiger partial charge in [-0.1, -0.05) is 26.3 Å². The van der Waals surface area contributed by atoms with Crippen LogP contribution in [0.2, 0.25) is 0 Å². The Balaban J connectivity index is 0.00000481. The van der Waals surface area contributed by atoms with Crippen LogP contribution in [0.1, 0.15) is 48.6 Å². The van der Waals surface area contributed by atoms with Crippen molar-refractivity contribution < 1.29 is 23.8 Å². The van der Waals surface area contributed by atoms with Gasteiger partial charge in [0.1, 0.15) is 11.6 Å². The van der Waals surface area contributed by atoms with Gasteiger partial charge >= 0.3 is 5.97 Å². The maximum absolute atomic E-state index is 13.0. The normalized spacial score (nSPS) is 13.8. The van der Waals surface area contributed by atoms with E-state index in [0.29, 0.717) is 48.9 Å². The first kappa shape index (κ1) is 29.9. The molecule has 1 aliphatic rings. The highest BCUT2D eigenvalue weighted by Gasteiger charge is 2.28. The molecule has 1 amide bonds. The van der Waals surface area contributed by atoms with E-state index in [0.717, 1.165) is 30.4 Å². The average Bonchev–Trinajstić information content (AvgIpc) is 2.91. The van der Waals surface area contributed by atoms with Crippen LogP contribution in [-0.2, 0) is 31.9 Å². The molecule has 0 radical (unpaired) electrons. The van der Waals surface area contributed by atoms with E-state index < -0.39 is 12.0 Å². The van der Waals surface area contributed by atoms with E-state index >= 15 is 0 Å². The fraction of sp³-hybridized carbons (Fsp3) is 0.444. The molecule has 202 valence electrons. The minimum absolute atomic E-state index is 0. The van der Waals surface area contributed by atoms with Crippen LogP contribution >= 0.6 is 12.4 Å². The summed E-state index contributed by atoms with van der Waals surface area (Å²) in [5.41, 5.74) is 9.44. The van der Waals surface area contributed by atoms with Gasteiger partial charge in [0.05, 0.1) is 20.3 Å². The van der Waals surface area contributed by atoms with E-state index in [-0.39, 0.29) is 30.8 Å². The average molecular weight is 533 g/mol. The molecule has 0 spiro atoms. The second kappa shape index (κ2) is 14.4. The molecule has 0 aromatic heterocycles. The lowest BCUT2D eigenvalue weighted by atomic mass is 9.95. The highest BCUT2D eigenvalue weighted by Crippen LogP contribution is 2.35. The molecule has 0 saturated carbocycles. The number of morpholine rings is 1. The number of rotatable bonds is 11. The van der Waals surface area contributed by atoms with Crippen molar-refractivity contribution in [2.24, 2.45) is 5.73 Å². The first-order chi connectivity index (χ1) is 17.4. The van der Waals surface area contributed by atoms with Crippen LogP contribution in [0.5, 0.6) is 5.75 Å². The summed E-state index contributed by atoms with van der Waals surface area (Å²) in [7, 11) is 1.34. The van der Waals surface area contributed by atoms with Gasteiger partial charge in [-0.05, 0) is 54.3 Å².